The monoisotopic (exact) mass is 397 g/mol. The summed E-state index contributed by atoms with van der Waals surface area (Å²) in [5.41, 5.74) is 1.20. The maximum Gasteiger partial charge on any atom is 0.262 e. The van der Waals surface area contributed by atoms with Gasteiger partial charge in [-0.15, -0.1) is 0 Å². The van der Waals surface area contributed by atoms with E-state index in [-0.39, 0.29) is 4.90 Å². The molecule has 0 heterocycles. The van der Waals surface area contributed by atoms with Gasteiger partial charge in [-0.2, -0.15) is 0 Å². The predicted octanol–water partition coefficient (Wildman–Crippen LogP) is 4.74. The molecular weight excluding hydrogens is 378 g/mol. The number of nitrogens with one attached hydrogen (secondary N) is 1. The van der Waals surface area contributed by atoms with E-state index in [9.17, 15) is 8.42 Å². The number of hydrogen-bond acceptors (Lipinski definition) is 3. The van der Waals surface area contributed by atoms with Crippen LogP contribution < -0.4 is 9.46 Å². The molecule has 0 aliphatic rings. The van der Waals surface area contributed by atoms with Crippen molar-refractivity contribution in [2.75, 3.05) is 11.3 Å². The third-order valence-electron chi connectivity index (χ3n) is 3.30. The molecule has 4 nitrogen and oxygen atoms in total. The summed E-state index contributed by atoms with van der Waals surface area (Å²) in [5, 5.41) is 0. The van der Waals surface area contributed by atoms with Gasteiger partial charge in [-0.25, -0.2) is 8.42 Å². The molecule has 124 valence electrons. The van der Waals surface area contributed by atoms with Crippen LogP contribution in [0.25, 0.3) is 0 Å². The van der Waals surface area contributed by atoms with E-state index in [1.54, 1.807) is 49.4 Å². The number of halogens is 1. The van der Waals surface area contributed by atoms with E-state index < -0.39 is 10.0 Å². The summed E-state index contributed by atoms with van der Waals surface area (Å²) < 4.78 is 33.9. The number of hydrogen-bond donors (Lipinski definition) is 1. The van der Waals surface area contributed by atoms with E-state index >= 15 is 0 Å². The first-order valence-corrected chi connectivity index (χ1v) is 9.72. The number of ether oxygens (including phenoxy) is 1. The van der Waals surface area contributed by atoms with Crippen molar-refractivity contribution in [3.8, 4) is 5.75 Å². The first-order valence-electron chi connectivity index (χ1n) is 7.44. The van der Waals surface area contributed by atoms with Gasteiger partial charge in [0.05, 0.1) is 11.5 Å². The van der Waals surface area contributed by atoms with Crippen LogP contribution in [0.2, 0.25) is 0 Å². The summed E-state index contributed by atoms with van der Waals surface area (Å²) in [5.74, 6) is 0.737. The minimum Gasteiger partial charge on any atom is -0.494 e. The lowest BCUT2D eigenvalue weighted by Crippen LogP contribution is -2.14. The van der Waals surface area contributed by atoms with Crippen LogP contribution in [0.4, 0.5) is 5.69 Å². The van der Waals surface area contributed by atoms with E-state index in [4.69, 9.17) is 4.74 Å². The lowest BCUT2D eigenvalue weighted by atomic mass is 10.2. The van der Waals surface area contributed by atoms with Gasteiger partial charge in [-0.05, 0) is 61.4 Å². The molecule has 0 aliphatic heterocycles. The molecule has 0 saturated carbocycles. The Morgan fingerprint density at radius 3 is 2.43 bits per heavy atom. The van der Waals surface area contributed by atoms with Crippen molar-refractivity contribution >= 4 is 31.6 Å². The Morgan fingerprint density at radius 1 is 1.13 bits per heavy atom. The molecule has 0 radical (unpaired) electrons. The smallest absolute Gasteiger partial charge is 0.262 e. The average molecular weight is 398 g/mol. The van der Waals surface area contributed by atoms with Crippen LogP contribution >= 0.6 is 15.9 Å². The maximum atomic E-state index is 12.5. The van der Waals surface area contributed by atoms with Crippen LogP contribution in [0.5, 0.6) is 5.75 Å². The molecular formula is C17H20BrNO3S. The molecule has 2 rings (SSSR count). The molecule has 6 heteroatoms. The SMILES string of the molecule is CCCCOc1ccc(NS(=O)(=O)c2ccc(Br)cc2C)cc1. The minimum absolute atomic E-state index is 0.268. The lowest BCUT2D eigenvalue weighted by molar-refractivity contribution is 0.309. The highest BCUT2D eigenvalue weighted by Gasteiger charge is 2.17. The van der Waals surface area contributed by atoms with E-state index in [0.717, 1.165) is 23.1 Å². The molecule has 2 aromatic carbocycles. The van der Waals surface area contributed by atoms with Gasteiger partial charge >= 0.3 is 0 Å². The van der Waals surface area contributed by atoms with Gasteiger partial charge in [-0.1, -0.05) is 29.3 Å². The molecule has 0 saturated heterocycles. The van der Waals surface area contributed by atoms with Crippen molar-refractivity contribution in [2.45, 2.75) is 31.6 Å². The molecule has 0 aromatic heterocycles. The summed E-state index contributed by atoms with van der Waals surface area (Å²) in [6.07, 6.45) is 2.07. The van der Waals surface area contributed by atoms with Gasteiger partial charge < -0.3 is 4.74 Å². The molecule has 0 bridgehead atoms. The van der Waals surface area contributed by atoms with Gasteiger partial charge in [-0.3, -0.25) is 4.72 Å². The Kier molecular flexibility index (Phi) is 6.07. The molecule has 23 heavy (non-hydrogen) atoms. The van der Waals surface area contributed by atoms with Crippen molar-refractivity contribution in [1.82, 2.24) is 0 Å². The van der Waals surface area contributed by atoms with Crippen LogP contribution in [-0.2, 0) is 10.0 Å². The number of aryl methyl sites for hydroxylation is 1. The third-order valence-corrected chi connectivity index (χ3v) is 5.33. The summed E-state index contributed by atoms with van der Waals surface area (Å²) in [4.78, 5) is 0.268. The van der Waals surface area contributed by atoms with Crippen molar-refractivity contribution in [3.63, 3.8) is 0 Å². The Bertz CT molecular complexity index is 758. The van der Waals surface area contributed by atoms with Gasteiger partial charge in [0.25, 0.3) is 10.0 Å². The number of sulfonamides is 1. The summed E-state index contributed by atoms with van der Waals surface area (Å²) in [6.45, 7) is 4.54. The Balaban J connectivity index is 2.11. The lowest BCUT2D eigenvalue weighted by Gasteiger charge is -2.11. The zero-order valence-electron chi connectivity index (χ0n) is 13.2. The topological polar surface area (TPSA) is 55.4 Å². The van der Waals surface area contributed by atoms with Crippen LogP contribution in [0.3, 0.4) is 0 Å². The minimum atomic E-state index is -3.61. The average Bonchev–Trinajstić information content (AvgIpc) is 2.48. The first kappa shape index (κ1) is 17.8. The van der Waals surface area contributed by atoms with Gasteiger partial charge in [0.15, 0.2) is 0 Å². The first-order chi connectivity index (χ1) is 10.9. The second-order valence-electron chi connectivity index (χ2n) is 5.24. The molecule has 0 unspecified atom stereocenters. The van der Waals surface area contributed by atoms with Crippen molar-refractivity contribution < 1.29 is 13.2 Å². The fourth-order valence-corrected chi connectivity index (χ4v) is 3.84. The zero-order chi connectivity index (χ0) is 16.9. The summed E-state index contributed by atoms with van der Waals surface area (Å²) >= 11 is 3.33. The van der Waals surface area contributed by atoms with Crippen molar-refractivity contribution in [1.29, 1.82) is 0 Å². The standard InChI is InChI=1S/C17H20BrNO3S/c1-3-4-11-22-16-8-6-15(7-9-16)19-23(20,21)17-10-5-14(18)12-13(17)2/h5-10,12,19H,3-4,11H2,1-2H3. The van der Waals surface area contributed by atoms with Crippen molar-refractivity contribution in [3.05, 3.63) is 52.5 Å². The molecule has 1 N–H and O–H groups in total. The molecule has 0 spiro atoms. The van der Waals surface area contributed by atoms with Crippen LogP contribution in [-0.4, -0.2) is 15.0 Å². The number of rotatable bonds is 7. The molecule has 2 aromatic rings. The van der Waals surface area contributed by atoms with Gasteiger partial charge in [0.2, 0.25) is 0 Å². The molecule has 0 fully saturated rings. The Hall–Kier alpha value is -1.53. The maximum absolute atomic E-state index is 12.5. The second-order valence-corrected chi connectivity index (χ2v) is 7.81. The highest BCUT2D eigenvalue weighted by atomic mass is 79.9. The number of anilines is 1. The van der Waals surface area contributed by atoms with E-state index in [2.05, 4.69) is 27.6 Å². The van der Waals surface area contributed by atoms with E-state index in [0.29, 0.717) is 17.9 Å². The second kappa shape index (κ2) is 7.84. The van der Waals surface area contributed by atoms with Gasteiger partial charge in [0.1, 0.15) is 5.75 Å². The van der Waals surface area contributed by atoms with E-state index in [1.807, 2.05) is 0 Å². The summed E-state index contributed by atoms with van der Waals surface area (Å²) in [6, 6.07) is 12.0. The Morgan fingerprint density at radius 2 is 1.83 bits per heavy atom. The summed E-state index contributed by atoms with van der Waals surface area (Å²) in [7, 11) is -3.61. The van der Waals surface area contributed by atoms with Crippen LogP contribution in [0.1, 0.15) is 25.3 Å². The largest absolute Gasteiger partial charge is 0.494 e. The fraction of sp³-hybridized carbons (Fsp3) is 0.294. The van der Waals surface area contributed by atoms with Crippen LogP contribution in [0.15, 0.2) is 51.8 Å². The fourth-order valence-electron chi connectivity index (χ4n) is 2.08. The highest BCUT2D eigenvalue weighted by Crippen LogP contribution is 2.23. The zero-order valence-corrected chi connectivity index (χ0v) is 15.6. The van der Waals surface area contributed by atoms with Crippen molar-refractivity contribution in [2.24, 2.45) is 0 Å². The third kappa shape index (κ3) is 4.97. The molecule has 0 amide bonds. The number of unbranched alkanes of at least 4 members (excludes halogenated alkanes) is 1. The normalized spacial score (nSPS) is 11.3. The van der Waals surface area contributed by atoms with Gasteiger partial charge in [0, 0.05) is 10.2 Å². The van der Waals surface area contributed by atoms with Crippen LogP contribution in [0, 0.1) is 6.92 Å². The van der Waals surface area contributed by atoms with E-state index in [1.165, 1.54) is 0 Å². The molecule has 0 atom stereocenters. The number of benzene rings is 2. The highest BCUT2D eigenvalue weighted by molar-refractivity contribution is 9.10. The molecule has 0 aliphatic carbocycles. The quantitative estimate of drug-likeness (QED) is 0.686. The Labute approximate surface area is 146 Å². The predicted molar refractivity (Wildman–Crippen MR) is 96.5 cm³/mol.